The molecule has 0 amide bonds. The molecule has 5 aliphatic rings. The molecule has 5 aliphatic heterocycles. The van der Waals surface area contributed by atoms with Crippen LogP contribution in [0.25, 0.3) is 0 Å². The van der Waals surface area contributed by atoms with E-state index in [9.17, 15) is 0 Å². The molecule has 5 nitrogen and oxygen atoms in total. The van der Waals surface area contributed by atoms with Gasteiger partial charge in [-0.2, -0.15) is 0 Å². The van der Waals surface area contributed by atoms with Gasteiger partial charge in [0, 0.05) is 13.2 Å². The standard InChI is InChI=1S/C13H26O.2C11H22O.C9H18O.C8H16O.2C2H6/c1-11(2,3)10-8-12(4,5)14-13(6,7)9-10;1-8-6-10(11(3,4)5)7-9(2)12-8;1-10(2,3)9-6-7-12-11(4,5)8-9;1-7(2)9-6-8(3)4-5-10-9;1-6-4-7(2)9-8(3)5-6;2*1-2/h10H,8-9H2,1-7H3;8-10H,6-7H2,1-5H3;9H,6-8H2,1-5H3;7-9H,4-6H2,1-3H3;6-8H,4-5H2,1-3H3;2*1-2H3/t;8-,9-;;8-,9-;6?,7-,8+;;/m.1.1.../s1. The van der Waals surface area contributed by atoms with Crippen LogP contribution in [0, 0.1) is 51.8 Å². The first kappa shape index (κ1) is 62.9. The van der Waals surface area contributed by atoms with E-state index in [1.54, 1.807) is 0 Å². The molecule has 0 spiro atoms. The molecule has 5 heteroatoms. The summed E-state index contributed by atoms with van der Waals surface area (Å²) < 4.78 is 28.7. The summed E-state index contributed by atoms with van der Waals surface area (Å²) in [6, 6.07) is 0. The van der Waals surface area contributed by atoms with Gasteiger partial charge in [0.15, 0.2) is 0 Å². The van der Waals surface area contributed by atoms with Crippen LogP contribution in [0.3, 0.4) is 0 Å². The van der Waals surface area contributed by atoms with Crippen molar-refractivity contribution in [3.63, 3.8) is 0 Å². The predicted octanol–water partition coefficient (Wildman–Crippen LogP) is 17.2. The number of ether oxygens (including phenoxy) is 5. The van der Waals surface area contributed by atoms with Gasteiger partial charge in [-0.1, -0.05) is 118 Å². The highest BCUT2D eigenvalue weighted by molar-refractivity contribution is 4.92. The third kappa shape index (κ3) is 28.4. The maximum Gasteiger partial charge on any atom is 0.0636 e. The lowest BCUT2D eigenvalue weighted by atomic mass is 9.68. The van der Waals surface area contributed by atoms with Gasteiger partial charge in [0.05, 0.1) is 47.3 Å². The van der Waals surface area contributed by atoms with Crippen LogP contribution < -0.4 is 0 Å². The van der Waals surface area contributed by atoms with E-state index in [0.29, 0.717) is 52.7 Å². The van der Waals surface area contributed by atoms with Crippen LogP contribution in [0.1, 0.15) is 251 Å². The molecule has 8 atom stereocenters. The van der Waals surface area contributed by atoms with Gasteiger partial charge >= 0.3 is 0 Å². The van der Waals surface area contributed by atoms with Crippen molar-refractivity contribution in [1.29, 1.82) is 0 Å². The average molecular weight is 870 g/mol. The van der Waals surface area contributed by atoms with E-state index >= 15 is 0 Å². The molecule has 0 saturated carbocycles. The molecule has 61 heavy (non-hydrogen) atoms. The first-order valence-corrected chi connectivity index (χ1v) is 25.9. The van der Waals surface area contributed by atoms with Crippen LogP contribution in [0.4, 0.5) is 0 Å². The van der Waals surface area contributed by atoms with E-state index in [4.69, 9.17) is 23.7 Å². The van der Waals surface area contributed by atoms with Crippen molar-refractivity contribution in [3.8, 4) is 0 Å². The zero-order valence-corrected chi connectivity index (χ0v) is 46.9. The molecule has 5 fully saturated rings. The predicted molar refractivity (Wildman–Crippen MR) is 270 cm³/mol. The average Bonchev–Trinajstić information content (AvgIpc) is 3.07. The van der Waals surface area contributed by atoms with Crippen LogP contribution in [0.2, 0.25) is 0 Å². The SMILES string of the molecule is CC.CC.CC(C)[C@H]1C[C@H](C)CCO1.CC1(C)CC(C(C)(C)C)CC(C)(C)O1.CC1(C)CC(C(C)(C)C)CCO1.CC1C[C@@H](C)O[C@@H](C)C1.C[C@@H]1CC(C(C)(C)C)C[C@@H](C)O1. The molecular formula is C56H116O5. The minimum atomic E-state index is 0.0414. The van der Waals surface area contributed by atoms with E-state index in [1.807, 2.05) is 27.7 Å². The summed E-state index contributed by atoms with van der Waals surface area (Å²) in [5.41, 5.74) is 1.49. The molecule has 0 bridgehead atoms. The molecular weight excluding hydrogens is 753 g/mol. The topological polar surface area (TPSA) is 46.2 Å². The molecule has 0 aliphatic carbocycles. The Bertz CT molecular complexity index is 1020. The quantitative estimate of drug-likeness (QED) is 0.263. The second-order valence-electron chi connectivity index (χ2n) is 25.2. The monoisotopic (exact) mass is 869 g/mol. The van der Waals surface area contributed by atoms with Crippen molar-refractivity contribution in [1.82, 2.24) is 0 Å². The molecule has 5 heterocycles. The van der Waals surface area contributed by atoms with Crippen molar-refractivity contribution < 1.29 is 23.7 Å². The number of rotatable bonds is 1. The van der Waals surface area contributed by atoms with Crippen molar-refractivity contribution >= 4 is 0 Å². The van der Waals surface area contributed by atoms with Gasteiger partial charge in [-0.3, -0.25) is 0 Å². The number of hydrogen-bond acceptors (Lipinski definition) is 5. The van der Waals surface area contributed by atoms with Crippen LogP contribution in [0.15, 0.2) is 0 Å². The summed E-state index contributed by atoms with van der Waals surface area (Å²) in [4.78, 5) is 0. The molecule has 370 valence electrons. The molecule has 0 aromatic rings. The molecule has 2 unspecified atom stereocenters. The van der Waals surface area contributed by atoms with Crippen molar-refractivity contribution in [2.45, 2.75) is 298 Å². The largest absolute Gasteiger partial charge is 0.378 e. The maximum atomic E-state index is 6.09. The van der Waals surface area contributed by atoms with Crippen LogP contribution >= 0.6 is 0 Å². The second kappa shape index (κ2) is 28.1. The fraction of sp³-hybridized carbons (Fsp3) is 1.00. The van der Waals surface area contributed by atoms with E-state index in [-0.39, 0.29) is 16.8 Å². The molecule has 0 radical (unpaired) electrons. The van der Waals surface area contributed by atoms with Gasteiger partial charge in [-0.05, 0) is 185 Å². The summed E-state index contributed by atoms with van der Waals surface area (Å²) in [5.74, 6) is 4.85. The van der Waals surface area contributed by atoms with E-state index in [0.717, 1.165) is 42.8 Å². The Morgan fingerprint density at radius 1 is 0.443 bits per heavy atom. The Hall–Kier alpha value is -0.200. The second-order valence-corrected chi connectivity index (χ2v) is 25.2. The Morgan fingerprint density at radius 3 is 1.11 bits per heavy atom. The third-order valence-electron chi connectivity index (χ3n) is 13.4. The van der Waals surface area contributed by atoms with Gasteiger partial charge in [0.25, 0.3) is 0 Å². The smallest absolute Gasteiger partial charge is 0.0636 e. The Morgan fingerprint density at radius 2 is 0.820 bits per heavy atom. The van der Waals surface area contributed by atoms with Gasteiger partial charge in [0.1, 0.15) is 0 Å². The van der Waals surface area contributed by atoms with Gasteiger partial charge in [-0.15, -0.1) is 0 Å². The normalized spacial score (nSPS) is 32.4. The van der Waals surface area contributed by atoms with Crippen molar-refractivity contribution in [3.05, 3.63) is 0 Å². The highest BCUT2D eigenvalue weighted by atomic mass is 16.5. The fourth-order valence-corrected chi connectivity index (χ4v) is 9.99. The van der Waals surface area contributed by atoms with Gasteiger partial charge < -0.3 is 23.7 Å². The lowest BCUT2D eigenvalue weighted by Gasteiger charge is -2.49. The van der Waals surface area contributed by atoms with Crippen LogP contribution in [-0.2, 0) is 23.7 Å². The minimum absolute atomic E-state index is 0.0414. The van der Waals surface area contributed by atoms with Crippen molar-refractivity contribution in [2.24, 2.45) is 51.8 Å². The summed E-state index contributed by atoms with van der Waals surface area (Å²) in [6.45, 7) is 62.0. The third-order valence-corrected chi connectivity index (χ3v) is 13.4. The first-order chi connectivity index (χ1) is 27.6. The first-order valence-electron chi connectivity index (χ1n) is 25.9. The van der Waals surface area contributed by atoms with Crippen LogP contribution in [-0.4, -0.2) is 60.5 Å². The lowest BCUT2D eigenvalue weighted by molar-refractivity contribution is -0.185. The Balaban J connectivity index is 0. The van der Waals surface area contributed by atoms with E-state index in [1.165, 1.54) is 64.2 Å². The molecule has 0 aromatic heterocycles. The molecule has 0 aromatic carbocycles. The summed E-state index contributed by atoms with van der Waals surface area (Å²) in [6.07, 6.45) is 14.7. The zero-order chi connectivity index (χ0) is 48.4. The maximum absolute atomic E-state index is 6.09. The number of hydrogen-bond donors (Lipinski definition) is 0. The Labute approximate surface area is 385 Å². The van der Waals surface area contributed by atoms with Crippen molar-refractivity contribution in [2.75, 3.05) is 13.2 Å². The summed E-state index contributed by atoms with van der Waals surface area (Å²) in [7, 11) is 0. The fourth-order valence-electron chi connectivity index (χ4n) is 9.99. The summed E-state index contributed by atoms with van der Waals surface area (Å²) >= 11 is 0. The van der Waals surface area contributed by atoms with Crippen LogP contribution in [0.5, 0.6) is 0 Å². The van der Waals surface area contributed by atoms with Gasteiger partial charge in [0.2, 0.25) is 0 Å². The highest BCUT2D eigenvalue weighted by Crippen LogP contribution is 2.46. The summed E-state index contributed by atoms with van der Waals surface area (Å²) in [5, 5.41) is 0. The van der Waals surface area contributed by atoms with Gasteiger partial charge in [-0.25, -0.2) is 0 Å². The zero-order valence-electron chi connectivity index (χ0n) is 46.9. The lowest BCUT2D eigenvalue weighted by Crippen LogP contribution is -2.48. The highest BCUT2D eigenvalue weighted by Gasteiger charge is 2.43. The van der Waals surface area contributed by atoms with E-state index in [2.05, 4.69) is 159 Å². The van der Waals surface area contributed by atoms with E-state index < -0.39 is 0 Å². The Kier molecular flexibility index (Phi) is 29.0. The minimum Gasteiger partial charge on any atom is -0.378 e. The molecule has 5 rings (SSSR count). The molecule has 0 N–H and O–H groups in total. The molecule has 5 saturated heterocycles.